The van der Waals surface area contributed by atoms with Crippen molar-refractivity contribution in [2.45, 2.75) is 18.9 Å². The summed E-state index contributed by atoms with van der Waals surface area (Å²) in [6.07, 6.45) is 7.46. The number of nitrogens with zero attached hydrogens (tertiary/aromatic N) is 2. The minimum absolute atomic E-state index is 0.00803. The quantitative estimate of drug-likeness (QED) is 0.668. The van der Waals surface area contributed by atoms with E-state index in [1.54, 1.807) is 0 Å². The number of hydrogen-bond donors (Lipinski definition) is 1. The van der Waals surface area contributed by atoms with Crippen LogP contribution in [0.1, 0.15) is 12.8 Å². The van der Waals surface area contributed by atoms with Crippen LogP contribution in [-0.2, 0) is 4.79 Å². The maximum atomic E-state index is 11.5. The third-order valence-electron chi connectivity index (χ3n) is 3.00. The summed E-state index contributed by atoms with van der Waals surface area (Å²) >= 11 is 0. The van der Waals surface area contributed by atoms with Crippen LogP contribution in [0.15, 0.2) is 0 Å². The van der Waals surface area contributed by atoms with Crippen molar-refractivity contribution in [1.82, 2.24) is 15.1 Å². The van der Waals surface area contributed by atoms with Gasteiger partial charge >= 0.3 is 0 Å². The molecule has 1 amide bonds. The van der Waals surface area contributed by atoms with Crippen molar-refractivity contribution in [2.24, 2.45) is 0 Å². The molecule has 4 heteroatoms. The Morgan fingerprint density at radius 1 is 1.69 bits per heavy atom. The lowest BCUT2D eigenvalue weighted by atomic mass is 10.1. The highest BCUT2D eigenvalue weighted by molar-refractivity contribution is 5.78. The van der Waals surface area contributed by atoms with Crippen molar-refractivity contribution in [1.29, 1.82) is 0 Å². The van der Waals surface area contributed by atoms with Gasteiger partial charge in [0.25, 0.3) is 0 Å². The minimum atomic E-state index is 0.00803. The van der Waals surface area contributed by atoms with Gasteiger partial charge in [0.05, 0.1) is 13.1 Å². The van der Waals surface area contributed by atoms with Gasteiger partial charge in [-0.2, -0.15) is 0 Å². The first-order valence-corrected chi connectivity index (χ1v) is 5.72. The first-order valence-electron chi connectivity index (χ1n) is 5.72. The van der Waals surface area contributed by atoms with Gasteiger partial charge in [0.2, 0.25) is 5.91 Å². The summed E-state index contributed by atoms with van der Waals surface area (Å²) in [5, 5.41) is 2.68. The number of likely N-dealkylation sites (N-methyl/N-ethyl adjacent to an activating group) is 2. The fourth-order valence-electron chi connectivity index (χ4n) is 2.06. The van der Waals surface area contributed by atoms with Crippen LogP contribution in [0.25, 0.3) is 0 Å². The van der Waals surface area contributed by atoms with E-state index in [0.29, 0.717) is 19.1 Å². The largest absolute Gasteiger partial charge is 0.344 e. The van der Waals surface area contributed by atoms with E-state index in [9.17, 15) is 4.79 Å². The second-order valence-electron chi connectivity index (χ2n) is 4.45. The highest BCUT2D eigenvalue weighted by Crippen LogP contribution is 2.12. The van der Waals surface area contributed by atoms with Crippen molar-refractivity contribution in [3.63, 3.8) is 0 Å². The van der Waals surface area contributed by atoms with Crippen molar-refractivity contribution in [3.8, 4) is 12.3 Å². The van der Waals surface area contributed by atoms with Crippen LogP contribution in [0.5, 0.6) is 0 Å². The van der Waals surface area contributed by atoms with Crippen LogP contribution in [0, 0.1) is 12.3 Å². The van der Waals surface area contributed by atoms with Crippen LogP contribution in [0.3, 0.4) is 0 Å². The SMILES string of the molecule is C#CCNC(=O)CN(C)C1CCCN(C)C1. The smallest absolute Gasteiger partial charge is 0.234 e. The number of likely N-dealkylation sites (tertiary alicyclic amines) is 1. The lowest BCUT2D eigenvalue weighted by molar-refractivity contribution is -0.122. The van der Waals surface area contributed by atoms with Crippen LogP contribution in [-0.4, -0.2) is 62.0 Å². The number of hydrogen-bond acceptors (Lipinski definition) is 3. The predicted molar refractivity (Wildman–Crippen MR) is 65.0 cm³/mol. The van der Waals surface area contributed by atoms with E-state index in [1.807, 2.05) is 7.05 Å². The molecule has 0 aromatic carbocycles. The topological polar surface area (TPSA) is 35.6 Å². The summed E-state index contributed by atoms with van der Waals surface area (Å²) in [6, 6.07) is 0.482. The Balaban J connectivity index is 2.31. The molecule has 90 valence electrons. The van der Waals surface area contributed by atoms with E-state index in [1.165, 1.54) is 12.8 Å². The van der Waals surface area contributed by atoms with Crippen LogP contribution >= 0.6 is 0 Å². The molecule has 1 heterocycles. The molecule has 4 nitrogen and oxygen atoms in total. The van der Waals surface area contributed by atoms with E-state index in [0.717, 1.165) is 13.1 Å². The zero-order chi connectivity index (χ0) is 12.0. The number of rotatable bonds is 4. The normalized spacial score (nSPS) is 21.8. The van der Waals surface area contributed by atoms with E-state index in [4.69, 9.17) is 6.42 Å². The molecule has 1 atom stereocenters. The summed E-state index contributed by atoms with van der Waals surface area (Å²) in [5.41, 5.74) is 0. The number of piperidine rings is 1. The molecule has 0 spiro atoms. The first-order chi connectivity index (χ1) is 7.63. The monoisotopic (exact) mass is 223 g/mol. The van der Waals surface area contributed by atoms with Crippen molar-refractivity contribution in [2.75, 3.05) is 40.3 Å². The molecule has 16 heavy (non-hydrogen) atoms. The maximum Gasteiger partial charge on any atom is 0.234 e. The first kappa shape index (κ1) is 13.0. The number of carbonyl (C=O) groups excluding carboxylic acids is 1. The molecule has 1 fully saturated rings. The number of nitrogens with one attached hydrogen (secondary N) is 1. The van der Waals surface area contributed by atoms with E-state index in [-0.39, 0.29) is 5.91 Å². The zero-order valence-corrected chi connectivity index (χ0v) is 10.2. The maximum absolute atomic E-state index is 11.5. The van der Waals surface area contributed by atoms with Gasteiger partial charge in [-0.1, -0.05) is 5.92 Å². The predicted octanol–water partition coefficient (Wildman–Crippen LogP) is -0.238. The summed E-state index contributed by atoms with van der Waals surface area (Å²) in [4.78, 5) is 15.9. The number of terminal acetylenes is 1. The second-order valence-corrected chi connectivity index (χ2v) is 4.45. The summed E-state index contributed by atoms with van der Waals surface area (Å²) in [5.74, 6) is 2.41. The van der Waals surface area contributed by atoms with Gasteiger partial charge in [-0.3, -0.25) is 9.69 Å². The van der Waals surface area contributed by atoms with Gasteiger partial charge < -0.3 is 10.2 Å². The Labute approximate surface area is 98.0 Å². The average Bonchev–Trinajstić information content (AvgIpc) is 2.26. The Morgan fingerprint density at radius 3 is 3.06 bits per heavy atom. The molecular weight excluding hydrogens is 202 g/mol. The van der Waals surface area contributed by atoms with Gasteiger partial charge in [0, 0.05) is 12.6 Å². The molecule has 0 radical (unpaired) electrons. The lowest BCUT2D eigenvalue weighted by Crippen LogP contribution is -2.48. The molecule has 0 aromatic heterocycles. The molecule has 1 aliphatic heterocycles. The molecule has 0 aliphatic carbocycles. The van der Waals surface area contributed by atoms with Crippen molar-refractivity contribution < 1.29 is 4.79 Å². The molecule has 1 N–H and O–H groups in total. The van der Waals surface area contributed by atoms with E-state index in [2.05, 4.69) is 28.1 Å². The van der Waals surface area contributed by atoms with Gasteiger partial charge in [0.15, 0.2) is 0 Å². The molecule has 0 bridgehead atoms. The molecule has 1 unspecified atom stereocenters. The zero-order valence-electron chi connectivity index (χ0n) is 10.2. The highest BCUT2D eigenvalue weighted by Gasteiger charge is 2.22. The van der Waals surface area contributed by atoms with Crippen LogP contribution < -0.4 is 5.32 Å². The van der Waals surface area contributed by atoms with Crippen molar-refractivity contribution >= 4 is 5.91 Å². The lowest BCUT2D eigenvalue weighted by Gasteiger charge is -2.35. The fraction of sp³-hybridized carbons (Fsp3) is 0.750. The number of amides is 1. The van der Waals surface area contributed by atoms with Gasteiger partial charge in [-0.05, 0) is 33.5 Å². The summed E-state index contributed by atoms with van der Waals surface area (Å²) in [6.45, 7) is 2.95. The van der Waals surface area contributed by atoms with E-state index >= 15 is 0 Å². The fourth-order valence-corrected chi connectivity index (χ4v) is 2.06. The number of carbonyl (C=O) groups is 1. The van der Waals surface area contributed by atoms with Gasteiger partial charge in [-0.25, -0.2) is 0 Å². The average molecular weight is 223 g/mol. The Morgan fingerprint density at radius 2 is 2.44 bits per heavy atom. The second kappa shape index (κ2) is 6.51. The van der Waals surface area contributed by atoms with Crippen LogP contribution in [0.4, 0.5) is 0 Å². The van der Waals surface area contributed by atoms with Gasteiger partial charge in [0.1, 0.15) is 0 Å². The molecular formula is C12H21N3O. The molecule has 0 aromatic rings. The summed E-state index contributed by atoms with van der Waals surface area (Å²) in [7, 11) is 4.12. The molecule has 1 rings (SSSR count). The molecule has 0 saturated carbocycles. The molecule has 1 saturated heterocycles. The Hall–Kier alpha value is -1.05. The summed E-state index contributed by atoms with van der Waals surface area (Å²) < 4.78 is 0. The standard InChI is InChI=1S/C12H21N3O/c1-4-7-13-12(16)10-15(3)11-6-5-8-14(2)9-11/h1,11H,5-10H2,2-3H3,(H,13,16). The van der Waals surface area contributed by atoms with Crippen molar-refractivity contribution in [3.05, 3.63) is 0 Å². The Kier molecular flexibility index (Phi) is 5.30. The third kappa shape index (κ3) is 4.21. The minimum Gasteiger partial charge on any atom is -0.344 e. The third-order valence-corrected chi connectivity index (χ3v) is 3.00. The van der Waals surface area contributed by atoms with Crippen LogP contribution in [0.2, 0.25) is 0 Å². The van der Waals surface area contributed by atoms with E-state index < -0.39 is 0 Å². The molecule has 1 aliphatic rings. The van der Waals surface area contributed by atoms with Gasteiger partial charge in [-0.15, -0.1) is 6.42 Å². The Bertz CT molecular complexity index is 272. The highest BCUT2D eigenvalue weighted by atomic mass is 16.2.